The predicted octanol–water partition coefficient (Wildman–Crippen LogP) is 4.67. The smallest absolute Gasteiger partial charge is 0.0704 e. The van der Waals surface area contributed by atoms with E-state index in [4.69, 9.17) is 0 Å². The quantitative estimate of drug-likeness (QED) is 0.848. The minimum absolute atomic E-state index is 0.632. The molecule has 2 saturated carbocycles. The molecule has 1 aromatic heterocycles. The lowest BCUT2D eigenvalue weighted by Crippen LogP contribution is -2.31. The molecule has 1 aromatic rings. The topological polar surface area (TPSA) is 12.0 Å². The standard InChI is InChI=1S/C15H20BrNS/c16-14-8-11-12(2-1-3-13(11)18-14)17-9-15(6-7-15)10-4-5-10/h8,10,12,17H,1-7,9H2. The second kappa shape index (κ2) is 4.32. The summed E-state index contributed by atoms with van der Waals surface area (Å²) >= 11 is 5.59. The molecule has 1 unspecified atom stereocenters. The van der Waals surface area contributed by atoms with Crippen LogP contribution in [0.1, 0.15) is 55.0 Å². The van der Waals surface area contributed by atoms with Gasteiger partial charge in [0.15, 0.2) is 0 Å². The summed E-state index contributed by atoms with van der Waals surface area (Å²) < 4.78 is 1.31. The van der Waals surface area contributed by atoms with Crippen molar-refractivity contribution in [3.63, 3.8) is 0 Å². The van der Waals surface area contributed by atoms with Crippen molar-refractivity contribution in [3.05, 3.63) is 20.3 Å². The molecule has 0 spiro atoms. The van der Waals surface area contributed by atoms with Crippen LogP contribution in [0.15, 0.2) is 9.85 Å². The van der Waals surface area contributed by atoms with Crippen LogP contribution in [0.4, 0.5) is 0 Å². The maximum atomic E-state index is 3.90. The van der Waals surface area contributed by atoms with Crippen LogP contribution in [-0.2, 0) is 6.42 Å². The van der Waals surface area contributed by atoms with Gasteiger partial charge in [0.05, 0.1) is 3.79 Å². The van der Waals surface area contributed by atoms with E-state index in [-0.39, 0.29) is 0 Å². The molecule has 1 N–H and O–H groups in total. The van der Waals surface area contributed by atoms with Gasteiger partial charge in [-0.25, -0.2) is 0 Å². The molecular weight excluding hydrogens is 306 g/mol. The lowest BCUT2D eigenvalue weighted by Gasteiger charge is -2.26. The van der Waals surface area contributed by atoms with Gasteiger partial charge in [-0.3, -0.25) is 0 Å². The Morgan fingerprint density at radius 2 is 2.17 bits per heavy atom. The zero-order valence-corrected chi connectivity index (χ0v) is 13.1. The van der Waals surface area contributed by atoms with Gasteiger partial charge in [0.2, 0.25) is 0 Å². The monoisotopic (exact) mass is 325 g/mol. The molecule has 2 fully saturated rings. The molecule has 0 radical (unpaired) electrons. The summed E-state index contributed by atoms with van der Waals surface area (Å²) in [6.07, 6.45) is 9.95. The summed E-state index contributed by atoms with van der Waals surface area (Å²) in [4.78, 5) is 1.61. The first-order valence-corrected chi connectivity index (χ1v) is 8.89. The van der Waals surface area contributed by atoms with Gasteiger partial charge in [0, 0.05) is 17.5 Å². The highest BCUT2D eigenvalue weighted by Gasteiger charge is 2.53. The van der Waals surface area contributed by atoms with E-state index in [0.717, 1.165) is 11.3 Å². The molecular formula is C15H20BrNS. The molecule has 18 heavy (non-hydrogen) atoms. The Bertz CT molecular complexity index is 459. The van der Waals surface area contributed by atoms with Gasteiger partial charge in [0.1, 0.15) is 0 Å². The first-order valence-electron chi connectivity index (χ1n) is 7.28. The van der Waals surface area contributed by atoms with Crippen LogP contribution in [-0.4, -0.2) is 6.54 Å². The molecule has 3 aliphatic carbocycles. The van der Waals surface area contributed by atoms with Crippen molar-refractivity contribution in [2.75, 3.05) is 6.54 Å². The summed E-state index contributed by atoms with van der Waals surface area (Å²) in [6.45, 7) is 1.27. The first-order chi connectivity index (χ1) is 8.77. The van der Waals surface area contributed by atoms with E-state index in [0.29, 0.717) is 6.04 Å². The van der Waals surface area contributed by atoms with Crippen molar-refractivity contribution < 1.29 is 0 Å². The average molecular weight is 326 g/mol. The third-order valence-corrected chi connectivity index (χ3v) is 6.83. The minimum Gasteiger partial charge on any atom is -0.309 e. The Labute approximate surface area is 121 Å². The lowest BCUT2D eigenvalue weighted by atomic mass is 9.92. The van der Waals surface area contributed by atoms with Crippen LogP contribution in [0.25, 0.3) is 0 Å². The van der Waals surface area contributed by atoms with Gasteiger partial charge in [-0.2, -0.15) is 0 Å². The second-order valence-corrected chi connectivity index (χ2v) is 8.91. The van der Waals surface area contributed by atoms with E-state index < -0.39 is 0 Å². The molecule has 1 atom stereocenters. The van der Waals surface area contributed by atoms with Crippen LogP contribution >= 0.6 is 27.3 Å². The highest BCUT2D eigenvalue weighted by molar-refractivity contribution is 9.11. The molecule has 0 aliphatic heterocycles. The van der Waals surface area contributed by atoms with E-state index in [1.165, 1.54) is 55.3 Å². The Morgan fingerprint density at radius 3 is 2.89 bits per heavy atom. The molecule has 3 heteroatoms. The van der Waals surface area contributed by atoms with E-state index in [9.17, 15) is 0 Å². The maximum Gasteiger partial charge on any atom is 0.0704 e. The molecule has 0 aromatic carbocycles. The summed E-state index contributed by atoms with van der Waals surface area (Å²) in [5.74, 6) is 1.07. The van der Waals surface area contributed by atoms with E-state index >= 15 is 0 Å². The fourth-order valence-electron chi connectivity index (χ4n) is 3.65. The first kappa shape index (κ1) is 11.9. The van der Waals surface area contributed by atoms with E-state index in [1.54, 1.807) is 10.4 Å². The number of rotatable bonds is 4. The van der Waals surface area contributed by atoms with Crippen LogP contribution < -0.4 is 5.32 Å². The Kier molecular flexibility index (Phi) is 2.86. The van der Waals surface area contributed by atoms with E-state index in [1.807, 2.05) is 11.3 Å². The van der Waals surface area contributed by atoms with Crippen molar-refractivity contribution in [2.45, 2.75) is 51.0 Å². The SMILES string of the molecule is Brc1cc2c(s1)CCCC2NCC1(C2CC2)CC1. The van der Waals surface area contributed by atoms with Gasteiger partial charge in [-0.1, -0.05) is 0 Å². The molecule has 1 nitrogen and oxygen atoms in total. The van der Waals surface area contributed by atoms with Gasteiger partial charge in [-0.05, 0) is 83.8 Å². The third kappa shape index (κ3) is 2.08. The number of halogens is 1. The number of hydrogen-bond acceptors (Lipinski definition) is 2. The van der Waals surface area contributed by atoms with Crippen molar-refractivity contribution in [1.82, 2.24) is 5.32 Å². The second-order valence-electron chi connectivity index (χ2n) is 6.39. The number of nitrogens with one attached hydrogen (secondary N) is 1. The van der Waals surface area contributed by atoms with Crippen LogP contribution in [0.5, 0.6) is 0 Å². The van der Waals surface area contributed by atoms with Crippen molar-refractivity contribution >= 4 is 27.3 Å². The largest absolute Gasteiger partial charge is 0.309 e. The van der Waals surface area contributed by atoms with Crippen molar-refractivity contribution in [1.29, 1.82) is 0 Å². The van der Waals surface area contributed by atoms with Crippen LogP contribution in [0, 0.1) is 11.3 Å². The average Bonchev–Trinajstić information content (AvgIpc) is 3.22. The van der Waals surface area contributed by atoms with Gasteiger partial charge >= 0.3 is 0 Å². The molecule has 98 valence electrons. The summed E-state index contributed by atoms with van der Waals surface area (Å²) in [5, 5.41) is 3.90. The molecule has 0 amide bonds. The maximum absolute atomic E-state index is 3.90. The number of fused-ring (bicyclic) bond motifs is 1. The zero-order chi connectivity index (χ0) is 12.2. The Morgan fingerprint density at radius 1 is 1.33 bits per heavy atom. The Balaban J connectivity index is 1.46. The molecule has 3 aliphatic rings. The lowest BCUT2D eigenvalue weighted by molar-refractivity contribution is 0.357. The minimum atomic E-state index is 0.632. The Hall–Kier alpha value is 0.140. The van der Waals surface area contributed by atoms with Gasteiger partial charge < -0.3 is 5.32 Å². The number of thiophene rings is 1. The highest BCUT2D eigenvalue weighted by atomic mass is 79.9. The van der Waals surface area contributed by atoms with Crippen molar-refractivity contribution in [2.24, 2.45) is 11.3 Å². The molecule has 0 bridgehead atoms. The zero-order valence-electron chi connectivity index (χ0n) is 10.7. The molecule has 1 heterocycles. The highest BCUT2D eigenvalue weighted by Crippen LogP contribution is 2.61. The molecule has 4 rings (SSSR count). The van der Waals surface area contributed by atoms with E-state index in [2.05, 4.69) is 27.3 Å². The third-order valence-electron chi connectivity index (χ3n) is 5.12. The fraction of sp³-hybridized carbons (Fsp3) is 0.733. The van der Waals surface area contributed by atoms with Crippen molar-refractivity contribution in [3.8, 4) is 0 Å². The summed E-state index contributed by atoms with van der Waals surface area (Å²) in [5.41, 5.74) is 2.31. The summed E-state index contributed by atoms with van der Waals surface area (Å²) in [6, 6.07) is 2.99. The predicted molar refractivity (Wildman–Crippen MR) is 80.1 cm³/mol. The fourth-order valence-corrected chi connectivity index (χ4v) is 5.47. The number of aryl methyl sites for hydroxylation is 1. The van der Waals surface area contributed by atoms with Crippen LogP contribution in [0.2, 0.25) is 0 Å². The van der Waals surface area contributed by atoms with Gasteiger partial charge in [0.25, 0.3) is 0 Å². The van der Waals surface area contributed by atoms with Gasteiger partial charge in [-0.15, -0.1) is 11.3 Å². The normalized spacial score (nSPS) is 29.1. The summed E-state index contributed by atoms with van der Waals surface area (Å²) in [7, 11) is 0. The molecule has 0 saturated heterocycles. The van der Waals surface area contributed by atoms with Crippen LogP contribution in [0.3, 0.4) is 0 Å². The number of hydrogen-bond donors (Lipinski definition) is 1.